The standard InChI is InChI=1S/C27H31N5O3/c1-2-13-28-26(34)20-16-32(19-9-3-4-10-19)17-21(24(20)33)27(35)31-14-7-8-18(15-31)25-29-22-11-5-6-12-23(22)30-25/h2,5-6,11-12,16-19H,1,3-4,7-10,13-15H2,(H,28,34)(H,29,30)/t18-/m1/s1. The minimum absolute atomic E-state index is 0.00967. The maximum absolute atomic E-state index is 13.7. The molecule has 2 fully saturated rings. The van der Waals surface area contributed by atoms with Crippen LogP contribution in [0, 0.1) is 0 Å². The molecule has 5 rings (SSSR count). The molecule has 1 saturated carbocycles. The summed E-state index contributed by atoms with van der Waals surface area (Å²) in [5.41, 5.74) is 1.44. The second-order valence-corrected chi connectivity index (χ2v) is 9.53. The van der Waals surface area contributed by atoms with Crippen molar-refractivity contribution in [3.8, 4) is 0 Å². The minimum Gasteiger partial charge on any atom is -0.349 e. The van der Waals surface area contributed by atoms with Crippen LogP contribution < -0.4 is 10.7 Å². The van der Waals surface area contributed by atoms with E-state index in [0.29, 0.717) is 13.1 Å². The average molecular weight is 474 g/mol. The number of likely N-dealkylation sites (tertiary alicyclic amines) is 1. The van der Waals surface area contributed by atoms with E-state index < -0.39 is 11.3 Å². The van der Waals surface area contributed by atoms with Crippen LogP contribution >= 0.6 is 0 Å². The summed E-state index contributed by atoms with van der Waals surface area (Å²) < 4.78 is 1.91. The Morgan fingerprint density at radius 1 is 1.11 bits per heavy atom. The number of hydrogen-bond donors (Lipinski definition) is 2. The van der Waals surface area contributed by atoms with Crippen LogP contribution in [-0.2, 0) is 0 Å². The average Bonchev–Trinajstić information content (AvgIpc) is 3.57. The number of nitrogens with one attached hydrogen (secondary N) is 2. The molecule has 3 aromatic rings. The number of carbonyl (C=O) groups excluding carboxylic acids is 2. The highest BCUT2D eigenvalue weighted by molar-refractivity contribution is 5.99. The van der Waals surface area contributed by atoms with E-state index in [1.54, 1.807) is 23.4 Å². The summed E-state index contributed by atoms with van der Waals surface area (Å²) in [6, 6.07) is 8.07. The molecule has 1 saturated heterocycles. The summed E-state index contributed by atoms with van der Waals surface area (Å²) in [5, 5.41) is 2.69. The van der Waals surface area contributed by atoms with Gasteiger partial charge in [0.2, 0.25) is 5.43 Å². The predicted molar refractivity (Wildman–Crippen MR) is 135 cm³/mol. The number of H-pyrrole nitrogens is 1. The molecule has 1 atom stereocenters. The monoisotopic (exact) mass is 473 g/mol. The Balaban J connectivity index is 1.45. The zero-order chi connectivity index (χ0) is 24.4. The molecule has 35 heavy (non-hydrogen) atoms. The fourth-order valence-corrected chi connectivity index (χ4v) is 5.31. The van der Waals surface area contributed by atoms with Crippen molar-refractivity contribution in [3.63, 3.8) is 0 Å². The number of benzene rings is 1. The minimum atomic E-state index is -0.517. The van der Waals surface area contributed by atoms with Crippen molar-refractivity contribution in [2.75, 3.05) is 19.6 Å². The Hall–Kier alpha value is -3.68. The van der Waals surface area contributed by atoms with E-state index in [1.165, 1.54) is 0 Å². The summed E-state index contributed by atoms with van der Waals surface area (Å²) >= 11 is 0. The predicted octanol–water partition coefficient (Wildman–Crippen LogP) is 3.78. The van der Waals surface area contributed by atoms with Crippen LogP contribution in [-0.4, -0.2) is 50.9 Å². The van der Waals surface area contributed by atoms with E-state index in [9.17, 15) is 14.4 Å². The van der Waals surface area contributed by atoms with Gasteiger partial charge in [0.25, 0.3) is 11.8 Å². The molecule has 2 amide bonds. The second-order valence-electron chi connectivity index (χ2n) is 9.53. The number of nitrogens with zero attached hydrogens (tertiary/aromatic N) is 3. The Morgan fingerprint density at radius 3 is 2.66 bits per heavy atom. The highest BCUT2D eigenvalue weighted by Gasteiger charge is 2.30. The number of piperidine rings is 1. The van der Waals surface area contributed by atoms with Crippen LogP contribution in [0.15, 0.2) is 54.1 Å². The molecule has 2 aliphatic rings. The molecule has 0 unspecified atom stereocenters. The first-order valence-corrected chi connectivity index (χ1v) is 12.4. The van der Waals surface area contributed by atoms with Crippen LogP contribution in [0.5, 0.6) is 0 Å². The zero-order valence-corrected chi connectivity index (χ0v) is 19.8. The quantitative estimate of drug-likeness (QED) is 0.532. The molecule has 2 N–H and O–H groups in total. The van der Waals surface area contributed by atoms with Crippen molar-refractivity contribution in [1.29, 1.82) is 0 Å². The number of imidazole rings is 1. The van der Waals surface area contributed by atoms with Gasteiger partial charge in [-0.25, -0.2) is 4.98 Å². The smallest absolute Gasteiger partial charge is 0.259 e. The van der Waals surface area contributed by atoms with Crippen molar-refractivity contribution in [3.05, 3.63) is 76.5 Å². The SMILES string of the molecule is C=CCNC(=O)c1cn(C2CCCC2)cc(C(=O)N2CCC[C@@H](c3nc4ccccc4[nH]3)C2)c1=O. The summed E-state index contributed by atoms with van der Waals surface area (Å²) in [7, 11) is 0. The first-order chi connectivity index (χ1) is 17.0. The largest absolute Gasteiger partial charge is 0.349 e. The van der Waals surface area contributed by atoms with Gasteiger partial charge < -0.3 is 19.8 Å². The maximum atomic E-state index is 13.7. The van der Waals surface area contributed by atoms with Crippen molar-refractivity contribution in [1.82, 2.24) is 24.8 Å². The Kier molecular flexibility index (Phi) is 6.53. The van der Waals surface area contributed by atoms with Crippen LogP contribution in [0.3, 0.4) is 0 Å². The number of aromatic amines is 1. The first-order valence-electron chi connectivity index (χ1n) is 12.4. The number of rotatable bonds is 6. The Labute approximate surface area is 204 Å². The van der Waals surface area contributed by atoms with Crippen LogP contribution in [0.4, 0.5) is 0 Å². The van der Waals surface area contributed by atoms with E-state index >= 15 is 0 Å². The van der Waals surface area contributed by atoms with E-state index in [4.69, 9.17) is 4.98 Å². The molecule has 0 radical (unpaired) electrons. The van der Waals surface area contributed by atoms with Gasteiger partial charge in [0, 0.05) is 44.0 Å². The molecule has 1 aromatic carbocycles. The normalized spacial score (nSPS) is 18.6. The van der Waals surface area contributed by atoms with E-state index in [0.717, 1.165) is 55.4 Å². The molecule has 8 nitrogen and oxygen atoms in total. The highest BCUT2D eigenvalue weighted by Crippen LogP contribution is 2.30. The number of fused-ring (bicyclic) bond motifs is 1. The van der Waals surface area contributed by atoms with Crippen molar-refractivity contribution in [2.45, 2.75) is 50.5 Å². The number of amides is 2. The summed E-state index contributed by atoms with van der Waals surface area (Å²) in [5.74, 6) is 0.136. The van der Waals surface area contributed by atoms with Crippen LogP contribution in [0.2, 0.25) is 0 Å². The lowest BCUT2D eigenvalue weighted by molar-refractivity contribution is 0.0702. The van der Waals surface area contributed by atoms with Gasteiger partial charge in [0.15, 0.2) is 0 Å². The molecule has 1 aliphatic carbocycles. The molecule has 3 heterocycles. The second kappa shape index (κ2) is 9.90. The van der Waals surface area contributed by atoms with Gasteiger partial charge in [-0.15, -0.1) is 6.58 Å². The van der Waals surface area contributed by atoms with Gasteiger partial charge in [-0.3, -0.25) is 14.4 Å². The third-order valence-electron chi connectivity index (χ3n) is 7.18. The fraction of sp³-hybridized carbons (Fsp3) is 0.407. The molecular formula is C27H31N5O3. The van der Waals surface area contributed by atoms with E-state index in [-0.39, 0.29) is 35.5 Å². The Morgan fingerprint density at radius 2 is 1.89 bits per heavy atom. The van der Waals surface area contributed by atoms with E-state index in [2.05, 4.69) is 16.9 Å². The lowest BCUT2D eigenvalue weighted by Gasteiger charge is -2.32. The molecule has 182 valence electrons. The van der Waals surface area contributed by atoms with Gasteiger partial charge in [-0.2, -0.15) is 0 Å². The lowest BCUT2D eigenvalue weighted by atomic mass is 9.96. The van der Waals surface area contributed by atoms with Crippen molar-refractivity contribution < 1.29 is 9.59 Å². The highest BCUT2D eigenvalue weighted by atomic mass is 16.2. The maximum Gasteiger partial charge on any atom is 0.259 e. The number of hydrogen-bond acceptors (Lipinski definition) is 4. The van der Waals surface area contributed by atoms with Gasteiger partial charge in [-0.05, 0) is 37.8 Å². The molecule has 1 aliphatic heterocycles. The molecule has 0 bridgehead atoms. The van der Waals surface area contributed by atoms with Crippen LogP contribution in [0.25, 0.3) is 11.0 Å². The molecule has 0 spiro atoms. The van der Waals surface area contributed by atoms with Crippen molar-refractivity contribution >= 4 is 22.8 Å². The number of pyridine rings is 1. The van der Waals surface area contributed by atoms with Crippen LogP contribution in [0.1, 0.15) is 77.0 Å². The molecular weight excluding hydrogens is 442 g/mol. The number of carbonyl (C=O) groups is 2. The zero-order valence-electron chi connectivity index (χ0n) is 19.8. The molecule has 8 heteroatoms. The van der Waals surface area contributed by atoms with E-state index in [1.807, 2.05) is 28.8 Å². The summed E-state index contributed by atoms with van der Waals surface area (Å²) in [6.07, 6.45) is 10.7. The third kappa shape index (κ3) is 4.65. The first kappa shape index (κ1) is 23.1. The fourth-order valence-electron chi connectivity index (χ4n) is 5.31. The summed E-state index contributed by atoms with van der Waals surface area (Å²) in [4.78, 5) is 49.6. The number of para-hydroxylation sites is 2. The van der Waals surface area contributed by atoms with Gasteiger partial charge in [0.1, 0.15) is 17.0 Å². The lowest BCUT2D eigenvalue weighted by Crippen LogP contribution is -2.42. The van der Waals surface area contributed by atoms with Gasteiger partial charge in [0.05, 0.1) is 11.0 Å². The Bertz CT molecular complexity index is 1280. The summed E-state index contributed by atoms with van der Waals surface area (Å²) in [6.45, 7) is 4.93. The van der Waals surface area contributed by atoms with Gasteiger partial charge >= 0.3 is 0 Å². The van der Waals surface area contributed by atoms with Gasteiger partial charge in [-0.1, -0.05) is 31.1 Å². The molecule has 2 aromatic heterocycles. The number of aromatic nitrogens is 3. The van der Waals surface area contributed by atoms with Crippen molar-refractivity contribution in [2.24, 2.45) is 0 Å². The third-order valence-corrected chi connectivity index (χ3v) is 7.18. The topological polar surface area (TPSA) is 100 Å².